The fourth-order valence-electron chi connectivity index (χ4n) is 2.88. The van der Waals surface area contributed by atoms with Crippen LogP contribution in [0.5, 0.6) is 0 Å². The normalized spacial score (nSPS) is 15.9. The summed E-state index contributed by atoms with van der Waals surface area (Å²) in [6, 6.07) is 4.54. The van der Waals surface area contributed by atoms with Gasteiger partial charge in [-0.25, -0.2) is 0 Å². The van der Waals surface area contributed by atoms with Gasteiger partial charge in [0.25, 0.3) is 5.56 Å². The second kappa shape index (κ2) is 4.19. The monoisotopic (exact) mass is 331 g/mol. The van der Waals surface area contributed by atoms with Crippen molar-refractivity contribution in [1.82, 2.24) is 14.8 Å². The summed E-state index contributed by atoms with van der Waals surface area (Å²) in [5.74, 6) is 0. The Morgan fingerprint density at radius 1 is 1.35 bits per heavy atom. The number of aromatic nitrogens is 3. The van der Waals surface area contributed by atoms with E-state index in [4.69, 9.17) is 0 Å². The highest BCUT2D eigenvalue weighted by molar-refractivity contribution is 9.10. The highest BCUT2D eigenvalue weighted by Crippen LogP contribution is 2.35. The van der Waals surface area contributed by atoms with Gasteiger partial charge in [0.1, 0.15) is 0 Å². The van der Waals surface area contributed by atoms with Crippen LogP contribution in [0.25, 0.3) is 21.8 Å². The maximum absolute atomic E-state index is 12.2. The molecule has 0 saturated heterocycles. The van der Waals surface area contributed by atoms with E-state index in [0.29, 0.717) is 11.4 Å². The van der Waals surface area contributed by atoms with Crippen molar-refractivity contribution in [3.63, 3.8) is 0 Å². The van der Waals surface area contributed by atoms with Gasteiger partial charge in [0, 0.05) is 9.86 Å². The quantitative estimate of drug-likeness (QED) is 0.739. The van der Waals surface area contributed by atoms with Crippen molar-refractivity contribution < 1.29 is 0 Å². The molecule has 2 aromatic heterocycles. The van der Waals surface area contributed by atoms with Gasteiger partial charge in [-0.05, 0) is 43.9 Å². The van der Waals surface area contributed by atoms with Crippen LogP contribution >= 0.6 is 15.9 Å². The number of aryl methyl sites for hydroxylation is 1. The molecular weight excluding hydrogens is 318 g/mol. The topological polar surface area (TPSA) is 50.7 Å². The summed E-state index contributed by atoms with van der Waals surface area (Å²) < 4.78 is 3.10. The van der Waals surface area contributed by atoms with Crippen molar-refractivity contribution >= 4 is 37.7 Å². The molecule has 1 fully saturated rings. The van der Waals surface area contributed by atoms with E-state index < -0.39 is 0 Å². The first-order chi connectivity index (χ1) is 9.65. The largest absolute Gasteiger partial charge is 0.321 e. The highest BCUT2D eigenvalue weighted by Gasteiger charge is 2.23. The van der Waals surface area contributed by atoms with Crippen molar-refractivity contribution in [1.29, 1.82) is 0 Å². The van der Waals surface area contributed by atoms with E-state index in [1.165, 1.54) is 6.42 Å². The zero-order valence-electron chi connectivity index (χ0n) is 11.1. The molecule has 0 atom stereocenters. The molecule has 0 amide bonds. The minimum atomic E-state index is -0.0557. The molecule has 1 aliphatic rings. The van der Waals surface area contributed by atoms with Crippen LogP contribution in [-0.2, 0) is 0 Å². The number of aromatic amines is 1. The molecule has 0 bridgehead atoms. The first kappa shape index (κ1) is 12.1. The molecule has 1 aromatic carbocycles. The Morgan fingerprint density at radius 3 is 2.85 bits per heavy atom. The zero-order chi connectivity index (χ0) is 13.9. The predicted octanol–water partition coefficient (Wildman–Crippen LogP) is 3.67. The third-order valence-corrected chi connectivity index (χ3v) is 5.12. The maximum atomic E-state index is 12.2. The Kier molecular flexibility index (Phi) is 2.54. The van der Waals surface area contributed by atoms with Crippen molar-refractivity contribution in [3.05, 3.63) is 38.7 Å². The summed E-state index contributed by atoms with van der Waals surface area (Å²) in [6.07, 6.45) is 5.24. The van der Waals surface area contributed by atoms with E-state index in [1.54, 1.807) is 6.20 Å². The Balaban J connectivity index is 2.17. The summed E-state index contributed by atoms with van der Waals surface area (Å²) in [5, 5.41) is 6.20. The summed E-state index contributed by atoms with van der Waals surface area (Å²) in [6.45, 7) is 2.02. The number of hydrogen-bond donors (Lipinski definition) is 1. The molecule has 0 spiro atoms. The van der Waals surface area contributed by atoms with E-state index in [-0.39, 0.29) is 5.56 Å². The van der Waals surface area contributed by atoms with Crippen molar-refractivity contribution in [3.8, 4) is 0 Å². The number of benzene rings is 1. The third kappa shape index (κ3) is 1.59. The molecule has 2 heterocycles. The first-order valence-corrected chi connectivity index (χ1v) is 7.64. The van der Waals surface area contributed by atoms with Crippen molar-refractivity contribution in [2.45, 2.75) is 32.2 Å². The van der Waals surface area contributed by atoms with Crippen LogP contribution in [0.4, 0.5) is 0 Å². The molecule has 4 rings (SSSR count). The molecule has 102 valence electrons. The van der Waals surface area contributed by atoms with Gasteiger partial charge in [-0.3, -0.25) is 9.48 Å². The van der Waals surface area contributed by atoms with Crippen LogP contribution in [0.3, 0.4) is 0 Å². The summed E-state index contributed by atoms with van der Waals surface area (Å²) in [5.41, 5.74) is 2.90. The van der Waals surface area contributed by atoms with Crippen LogP contribution in [0.1, 0.15) is 30.9 Å². The number of halogens is 1. The minimum absolute atomic E-state index is 0.0557. The van der Waals surface area contributed by atoms with E-state index in [0.717, 1.165) is 39.3 Å². The van der Waals surface area contributed by atoms with Gasteiger partial charge in [-0.15, -0.1) is 0 Å². The molecule has 5 heteroatoms. The average molecular weight is 332 g/mol. The lowest BCUT2D eigenvalue weighted by Gasteiger charge is -2.26. The number of rotatable bonds is 1. The number of fused-ring (bicyclic) bond motifs is 3. The fraction of sp³-hybridized carbons (Fsp3) is 0.333. The van der Waals surface area contributed by atoms with Gasteiger partial charge in [0.2, 0.25) is 0 Å². The minimum Gasteiger partial charge on any atom is -0.321 e. The molecule has 1 N–H and O–H groups in total. The number of nitrogens with one attached hydrogen (secondary N) is 1. The van der Waals surface area contributed by atoms with Gasteiger partial charge < -0.3 is 4.98 Å². The molecule has 20 heavy (non-hydrogen) atoms. The molecule has 1 aliphatic carbocycles. The van der Waals surface area contributed by atoms with Crippen LogP contribution < -0.4 is 5.56 Å². The molecule has 0 aliphatic heterocycles. The number of H-pyrrole nitrogens is 1. The molecule has 1 saturated carbocycles. The van der Waals surface area contributed by atoms with Gasteiger partial charge in [-0.1, -0.05) is 15.9 Å². The average Bonchev–Trinajstić information content (AvgIpc) is 2.75. The van der Waals surface area contributed by atoms with Crippen LogP contribution in [0.2, 0.25) is 0 Å². The van der Waals surface area contributed by atoms with Crippen molar-refractivity contribution in [2.24, 2.45) is 0 Å². The van der Waals surface area contributed by atoms with Crippen LogP contribution in [-0.4, -0.2) is 14.8 Å². The van der Waals surface area contributed by atoms with Gasteiger partial charge in [0.05, 0.1) is 28.7 Å². The second-order valence-corrected chi connectivity index (χ2v) is 6.39. The van der Waals surface area contributed by atoms with Crippen molar-refractivity contribution in [2.75, 3.05) is 0 Å². The van der Waals surface area contributed by atoms with E-state index in [2.05, 4.69) is 32.1 Å². The predicted molar refractivity (Wildman–Crippen MR) is 83.2 cm³/mol. The Morgan fingerprint density at radius 2 is 2.15 bits per heavy atom. The molecule has 4 nitrogen and oxygen atoms in total. The lowest BCUT2D eigenvalue weighted by atomic mass is 9.93. The van der Waals surface area contributed by atoms with Gasteiger partial charge >= 0.3 is 0 Å². The van der Waals surface area contributed by atoms with E-state index >= 15 is 0 Å². The van der Waals surface area contributed by atoms with E-state index in [9.17, 15) is 4.79 Å². The Labute approximate surface area is 123 Å². The highest BCUT2D eigenvalue weighted by atomic mass is 79.9. The summed E-state index contributed by atoms with van der Waals surface area (Å²) >= 11 is 3.58. The second-order valence-electron chi connectivity index (χ2n) is 5.54. The Hall–Kier alpha value is -1.62. The lowest BCUT2D eigenvalue weighted by molar-refractivity contribution is 0.297. The molecule has 3 aromatic rings. The molecule has 0 unspecified atom stereocenters. The van der Waals surface area contributed by atoms with E-state index in [1.807, 2.05) is 17.7 Å². The SMILES string of the molecule is Cc1cc2[nH]c(=O)c3cnn(C4CCC4)c3c2cc1Br. The molecular formula is C15H14BrN3O. The summed E-state index contributed by atoms with van der Waals surface area (Å²) in [4.78, 5) is 15.2. The number of pyridine rings is 1. The Bertz CT molecular complexity index is 889. The van der Waals surface area contributed by atoms with Gasteiger partial charge in [0.15, 0.2) is 0 Å². The smallest absolute Gasteiger partial charge is 0.259 e. The number of nitrogens with zero attached hydrogens (tertiary/aromatic N) is 2. The number of hydrogen-bond acceptors (Lipinski definition) is 2. The fourth-order valence-corrected chi connectivity index (χ4v) is 3.22. The van der Waals surface area contributed by atoms with Crippen LogP contribution in [0.15, 0.2) is 27.6 Å². The maximum Gasteiger partial charge on any atom is 0.259 e. The molecule has 0 radical (unpaired) electrons. The third-order valence-electron chi connectivity index (χ3n) is 4.26. The lowest BCUT2D eigenvalue weighted by Crippen LogP contribution is -2.18. The summed E-state index contributed by atoms with van der Waals surface area (Å²) in [7, 11) is 0. The van der Waals surface area contributed by atoms with Gasteiger partial charge in [-0.2, -0.15) is 5.10 Å². The zero-order valence-corrected chi connectivity index (χ0v) is 12.7. The van der Waals surface area contributed by atoms with Crippen LogP contribution in [0, 0.1) is 6.92 Å². The standard InChI is InChI=1S/C15H14BrN3O/c1-8-5-13-10(6-12(8)16)14-11(15(20)18-13)7-17-19(14)9-3-2-4-9/h5-7,9H,2-4H2,1H3,(H,18,20). The first-order valence-electron chi connectivity index (χ1n) is 6.84.